The van der Waals surface area contributed by atoms with Gasteiger partial charge in [0, 0.05) is 18.8 Å². The summed E-state index contributed by atoms with van der Waals surface area (Å²) in [7, 11) is 0. The summed E-state index contributed by atoms with van der Waals surface area (Å²) in [5.74, 6) is 1.24. The van der Waals surface area contributed by atoms with Crippen LogP contribution in [-0.4, -0.2) is 36.3 Å². The third kappa shape index (κ3) is 3.46. The maximum absolute atomic E-state index is 8.98. The number of nitrogens with one attached hydrogen (secondary N) is 2. The van der Waals surface area contributed by atoms with Crippen molar-refractivity contribution in [1.29, 1.82) is 0 Å². The number of hydrogen-bond donors (Lipinski definition) is 3. The Morgan fingerprint density at radius 2 is 2.26 bits per heavy atom. The van der Waals surface area contributed by atoms with Crippen LogP contribution in [0.2, 0.25) is 0 Å². The summed E-state index contributed by atoms with van der Waals surface area (Å²) in [4.78, 5) is 12.2. The van der Waals surface area contributed by atoms with E-state index in [-0.39, 0.29) is 6.61 Å². The van der Waals surface area contributed by atoms with Gasteiger partial charge in [0.05, 0.1) is 12.3 Å². The van der Waals surface area contributed by atoms with E-state index in [2.05, 4.69) is 25.6 Å². The van der Waals surface area contributed by atoms with Crippen LogP contribution >= 0.6 is 12.2 Å². The first-order valence-electron chi connectivity index (χ1n) is 5.74. The minimum absolute atomic E-state index is 0.103. The topological polar surface area (TPSA) is 87.9 Å². The Morgan fingerprint density at radius 3 is 2.95 bits per heavy atom. The SMILES string of the molecule is CCNC(=S)Nc1cc(-n2cnc(CO)c2)ncn1. The van der Waals surface area contributed by atoms with Crippen molar-refractivity contribution in [2.45, 2.75) is 13.5 Å². The summed E-state index contributed by atoms with van der Waals surface area (Å²) >= 11 is 5.08. The third-order valence-corrected chi connectivity index (χ3v) is 2.54. The molecule has 0 unspecified atom stereocenters. The molecule has 100 valence electrons. The van der Waals surface area contributed by atoms with Crippen molar-refractivity contribution in [2.24, 2.45) is 0 Å². The molecule has 0 amide bonds. The maximum atomic E-state index is 8.98. The van der Waals surface area contributed by atoms with Gasteiger partial charge in [0.1, 0.15) is 24.3 Å². The molecular weight excluding hydrogens is 264 g/mol. The zero-order valence-electron chi connectivity index (χ0n) is 10.4. The Kier molecular flexibility index (Phi) is 4.37. The molecule has 19 heavy (non-hydrogen) atoms. The van der Waals surface area contributed by atoms with Gasteiger partial charge >= 0.3 is 0 Å². The number of aromatic nitrogens is 4. The highest BCUT2D eigenvalue weighted by atomic mass is 32.1. The molecule has 0 saturated heterocycles. The van der Waals surface area contributed by atoms with Gasteiger partial charge in [-0.3, -0.25) is 4.57 Å². The minimum atomic E-state index is -0.103. The highest BCUT2D eigenvalue weighted by Gasteiger charge is 2.04. The van der Waals surface area contributed by atoms with Crippen LogP contribution in [0.15, 0.2) is 24.9 Å². The smallest absolute Gasteiger partial charge is 0.171 e. The van der Waals surface area contributed by atoms with E-state index < -0.39 is 0 Å². The van der Waals surface area contributed by atoms with Gasteiger partial charge in [-0.2, -0.15) is 0 Å². The lowest BCUT2D eigenvalue weighted by molar-refractivity contribution is 0.277. The molecule has 2 aromatic rings. The second kappa shape index (κ2) is 6.21. The molecule has 0 radical (unpaired) electrons. The zero-order valence-corrected chi connectivity index (χ0v) is 11.2. The lowest BCUT2D eigenvalue weighted by Gasteiger charge is -2.08. The van der Waals surface area contributed by atoms with Crippen LogP contribution < -0.4 is 10.6 Å². The highest BCUT2D eigenvalue weighted by Crippen LogP contribution is 2.09. The van der Waals surface area contributed by atoms with Crippen molar-refractivity contribution >= 4 is 23.1 Å². The molecule has 0 aliphatic carbocycles. The number of aliphatic hydroxyl groups excluding tert-OH is 1. The Labute approximate surface area is 115 Å². The van der Waals surface area contributed by atoms with Gasteiger partial charge in [0.15, 0.2) is 5.11 Å². The van der Waals surface area contributed by atoms with E-state index in [1.807, 2.05) is 6.92 Å². The van der Waals surface area contributed by atoms with Gasteiger partial charge in [-0.1, -0.05) is 0 Å². The Bertz CT molecular complexity index is 570. The summed E-state index contributed by atoms with van der Waals surface area (Å²) in [6, 6.07) is 1.74. The van der Waals surface area contributed by atoms with Crippen LogP contribution in [0.3, 0.4) is 0 Å². The van der Waals surface area contributed by atoms with E-state index >= 15 is 0 Å². The molecule has 0 fully saturated rings. The molecule has 0 spiro atoms. The quantitative estimate of drug-likeness (QED) is 0.700. The largest absolute Gasteiger partial charge is 0.390 e. The van der Waals surface area contributed by atoms with E-state index in [0.717, 1.165) is 6.54 Å². The molecule has 3 N–H and O–H groups in total. The van der Waals surface area contributed by atoms with Crippen molar-refractivity contribution in [2.75, 3.05) is 11.9 Å². The van der Waals surface area contributed by atoms with Gasteiger partial charge < -0.3 is 15.7 Å². The molecule has 0 aliphatic heterocycles. The van der Waals surface area contributed by atoms with Crippen molar-refractivity contribution in [1.82, 2.24) is 24.8 Å². The maximum Gasteiger partial charge on any atom is 0.171 e. The van der Waals surface area contributed by atoms with Crippen molar-refractivity contribution in [3.05, 3.63) is 30.6 Å². The van der Waals surface area contributed by atoms with E-state index in [1.54, 1.807) is 23.2 Å². The summed E-state index contributed by atoms with van der Waals surface area (Å²) in [5, 5.41) is 15.4. The van der Waals surface area contributed by atoms with Gasteiger partial charge in [0.25, 0.3) is 0 Å². The minimum Gasteiger partial charge on any atom is -0.390 e. The fraction of sp³-hybridized carbons (Fsp3) is 0.273. The molecule has 2 rings (SSSR count). The molecule has 7 nitrogen and oxygen atoms in total. The van der Waals surface area contributed by atoms with Crippen LogP contribution in [0, 0.1) is 0 Å². The molecule has 2 aromatic heterocycles. The average molecular weight is 278 g/mol. The van der Waals surface area contributed by atoms with E-state index in [4.69, 9.17) is 17.3 Å². The van der Waals surface area contributed by atoms with Gasteiger partial charge in [-0.25, -0.2) is 15.0 Å². The first-order valence-corrected chi connectivity index (χ1v) is 6.14. The molecule has 0 atom stereocenters. The molecule has 8 heteroatoms. The first kappa shape index (κ1) is 13.4. The average Bonchev–Trinajstić information content (AvgIpc) is 2.88. The molecule has 0 aromatic carbocycles. The molecular formula is C11H14N6OS. The van der Waals surface area contributed by atoms with Crippen LogP contribution in [0.4, 0.5) is 5.82 Å². The van der Waals surface area contributed by atoms with Gasteiger partial charge in [-0.15, -0.1) is 0 Å². The molecule has 2 heterocycles. The summed E-state index contributed by atoms with van der Waals surface area (Å²) in [6.45, 7) is 2.60. The first-order chi connectivity index (χ1) is 9.22. The van der Waals surface area contributed by atoms with Crippen molar-refractivity contribution in [3.8, 4) is 5.82 Å². The normalized spacial score (nSPS) is 10.2. The van der Waals surface area contributed by atoms with E-state index in [1.165, 1.54) is 6.33 Å². The van der Waals surface area contributed by atoms with Crippen molar-refractivity contribution in [3.63, 3.8) is 0 Å². The Balaban J connectivity index is 2.16. The molecule has 0 saturated carbocycles. The number of thiocarbonyl (C=S) groups is 1. The lowest BCUT2D eigenvalue weighted by Crippen LogP contribution is -2.28. The third-order valence-electron chi connectivity index (χ3n) is 2.29. The number of anilines is 1. The fourth-order valence-electron chi connectivity index (χ4n) is 1.45. The Morgan fingerprint density at radius 1 is 1.42 bits per heavy atom. The van der Waals surface area contributed by atoms with Crippen molar-refractivity contribution < 1.29 is 5.11 Å². The van der Waals surface area contributed by atoms with Gasteiger partial charge in [0.2, 0.25) is 0 Å². The van der Waals surface area contributed by atoms with Crippen LogP contribution in [-0.2, 0) is 6.61 Å². The number of nitrogens with zero attached hydrogens (tertiary/aromatic N) is 4. The number of rotatable bonds is 4. The highest BCUT2D eigenvalue weighted by molar-refractivity contribution is 7.80. The second-order valence-electron chi connectivity index (χ2n) is 3.68. The van der Waals surface area contributed by atoms with Crippen LogP contribution in [0.25, 0.3) is 5.82 Å². The lowest BCUT2D eigenvalue weighted by atomic mass is 10.5. The zero-order chi connectivity index (χ0) is 13.7. The standard InChI is InChI=1S/C11H14N6OS/c1-2-12-11(19)16-9-3-10(14-6-13-9)17-4-8(5-18)15-7-17/h3-4,6-7,18H,2,5H2,1H3,(H2,12,13,14,16,19). The summed E-state index contributed by atoms with van der Waals surface area (Å²) in [5.41, 5.74) is 0.580. The van der Waals surface area contributed by atoms with Gasteiger partial charge in [-0.05, 0) is 19.1 Å². The Hall–Kier alpha value is -2.06. The van der Waals surface area contributed by atoms with E-state index in [0.29, 0.717) is 22.4 Å². The predicted octanol–water partition coefficient (Wildman–Crippen LogP) is 0.461. The van der Waals surface area contributed by atoms with Crippen LogP contribution in [0.5, 0.6) is 0 Å². The number of aliphatic hydroxyl groups is 1. The molecule has 0 bridgehead atoms. The number of imidazole rings is 1. The monoisotopic (exact) mass is 278 g/mol. The number of hydrogen-bond acceptors (Lipinski definition) is 5. The van der Waals surface area contributed by atoms with Crippen LogP contribution in [0.1, 0.15) is 12.6 Å². The summed E-state index contributed by atoms with van der Waals surface area (Å²) < 4.78 is 1.70. The summed E-state index contributed by atoms with van der Waals surface area (Å²) in [6.07, 6.45) is 4.72. The predicted molar refractivity (Wildman–Crippen MR) is 75.0 cm³/mol. The fourth-order valence-corrected chi connectivity index (χ4v) is 1.70. The second-order valence-corrected chi connectivity index (χ2v) is 4.08. The van der Waals surface area contributed by atoms with E-state index in [9.17, 15) is 0 Å². The molecule has 0 aliphatic rings.